The predicted molar refractivity (Wildman–Crippen MR) is 93.0 cm³/mol. The second kappa shape index (κ2) is 8.67. The predicted octanol–water partition coefficient (Wildman–Crippen LogP) is 3.56. The van der Waals surface area contributed by atoms with Crippen molar-refractivity contribution in [3.8, 4) is 0 Å². The van der Waals surface area contributed by atoms with Crippen LogP contribution in [0.1, 0.15) is 49.2 Å². The van der Waals surface area contributed by atoms with E-state index in [2.05, 4.69) is 15.8 Å². The number of benzene rings is 1. The first kappa shape index (κ1) is 17.5. The fourth-order valence-corrected chi connectivity index (χ4v) is 2.00. The largest absolute Gasteiger partial charge is 0.459 e. The Hall–Kier alpha value is -2.89. The zero-order chi connectivity index (χ0) is 17.4. The van der Waals surface area contributed by atoms with Gasteiger partial charge in [0.05, 0.1) is 12.0 Å². The highest BCUT2D eigenvalue weighted by molar-refractivity contribution is 6.03. The van der Waals surface area contributed by atoms with E-state index in [1.807, 2.05) is 26.0 Å². The summed E-state index contributed by atoms with van der Waals surface area (Å²) in [5.41, 5.74) is 4.76. The van der Waals surface area contributed by atoms with Crippen molar-refractivity contribution < 1.29 is 14.0 Å². The van der Waals surface area contributed by atoms with Crippen molar-refractivity contribution in [2.45, 2.75) is 33.1 Å². The van der Waals surface area contributed by atoms with Gasteiger partial charge in [-0.15, -0.1) is 0 Å². The number of amides is 2. The van der Waals surface area contributed by atoms with Crippen molar-refractivity contribution in [2.24, 2.45) is 5.10 Å². The molecule has 24 heavy (non-hydrogen) atoms. The van der Waals surface area contributed by atoms with Crippen molar-refractivity contribution in [3.63, 3.8) is 0 Å². The van der Waals surface area contributed by atoms with Gasteiger partial charge in [0.15, 0.2) is 5.76 Å². The highest BCUT2D eigenvalue weighted by Gasteiger charge is 2.08. The summed E-state index contributed by atoms with van der Waals surface area (Å²) in [6, 6.07) is 10.5. The van der Waals surface area contributed by atoms with Gasteiger partial charge >= 0.3 is 0 Å². The van der Waals surface area contributed by atoms with E-state index in [1.165, 1.54) is 6.26 Å². The molecule has 0 bridgehead atoms. The molecule has 0 unspecified atom stereocenters. The minimum Gasteiger partial charge on any atom is -0.459 e. The first-order chi connectivity index (χ1) is 11.6. The number of hydrogen-bond donors (Lipinski definition) is 2. The van der Waals surface area contributed by atoms with E-state index < -0.39 is 0 Å². The van der Waals surface area contributed by atoms with Crippen LogP contribution in [-0.4, -0.2) is 17.5 Å². The number of unbranched alkanes of at least 4 members (excludes halogenated alkanes) is 1. The third kappa shape index (κ3) is 5.08. The minimum absolute atomic E-state index is 0.0847. The first-order valence-electron chi connectivity index (χ1n) is 7.88. The second-order valence-electron chi connectivity index (χ2n) is 5.34. The van der Waals surface area contributed by atoms with Crippen LogP contribution in [-0.2, 0) is 4.79 Å². The molecule has 0 spiro atoms. The molecule has 0 aliphatic heterocycles. The van der Waals surface area contributed by atoms with Crippen molar-refractivity contribution in [1.82, 2.24) is 5.43 Å². The molecule has 0 aliphatic carbocycles. The Labute approximate surface area is 140 Å². The number of nitrogens with one attached hydrogen (secondary N) is 2. The Morgan fingerprint density at radius 2 is 1.92 bits per heavy atom. The number of hydrogen-bond acceptors (Lipinski definition) is 4. The van der Waals surface area contributed by atoms with Gasteiger partial charge in [0.2, 0.25) is 5.91 Å². The third-order valence-corrected chi connectivity index (χ3v) is 3.41. The summed E-state index contributed by atoms with van der Waals surface area (Å²) in [5, 5.41) is 6.83. The molecule has 0 radical (unpaired) electrons. The summed E-state index contributed by atoms with van der Waals surface area (Å²) in [4.78, 5) is 23.4. The van der Waals surface area contributed by atoms with Gasteiger partial charge in [-0.1, -0.05) is 25.5 Å². The standard InChI is InChI=1S/C18H21N3O3/c1-3-4-7-17(22)21-20-13(2)14-8-10-15(11-9-14)19-18(23)16-6-5-12-24-16/h5-6,8-12H,3-4,7H2,1-2H3,(H,19,23)(H,21,22)/b20-13+. The van der Waals surface area contributed by atoms with Crippen LogP contribution >= 0.6 is 0 Å². The molecule has 1 aromatic carbocycles. The van der Waals surface area contributed by atoms with E-state index in [0.717, 1.165) is 18.4 Å². The Balaban J connectivity index is 1.93. The molecule has 1 aromatic heterocycles. The third-order valence-electron chi connectivity index (χ3n) is 3.41. The molecule has 6 nitrogen and oxygen atoms in total. The highest BCUT2D eigenvalue weighted by atomic mass is 16.3. The average molecular weight is 327 g/mol. The molecule has 0 aliphatic rings. The second-order valence-corrected chi connectivity index (χ2v) is 5.34. The summed E-state index contributed by atoms with van der Waals surface area (Å²) in [6.45, 7) is 3.85. The van der Waals surface area contributed by atoms with E-state index in [1.54, 1.807) is 24.3 Å². The van der Waals surface area contributed by atoms with Crippen molar-refractivity contribution in [3.05, 3.63) is 54.0 Å². The molecule has 0 saturated heterocycles. The zero-order valence-electron chi connectivity index (χ0n) is 13.8. The van der Waals surface area contributed by atoms with Gasteiger partial charge in [-0.05, 0) is 43.2 Å². The monoisotopic (exact) mass is 327 g/mol. The van der Waals surface area contributed by atoms with Crippen LogP contribution in [0.3, 0.4) is 0 Å². The van der Waals surface area contributed by atoms with Crippen LogP contribution in [0.4, 0.5) is 5.69 Å². The molecule has 0 fully saturated rings. The van der Waals surface area contributed by atoms with Crippen LogP contribution in [0.5, 0.6) is 0 Å². The van der Waals surface area contributed by atoms with E-state index in [-0.39, 0.29) is 17.6 Å². The summed E-state index contributed by atoms with van der Waals surface area (Å²) in [7, 11) is 0. The fourth-order valence-electron chi connectivity index (χ4n) is 2.00. The molecule has 6 heteroatoms. The van der Waals surface area contributed by atoms with Crippen molar-refractivity contribution >= 4 is 23.2 Å². The molecule has 0 saturated carbocycles. The SMILES string of the molecule is CCCCC(=O)N/N=C(\C)c1ccc(NC(=O)c2ccco2)cc1. The number of rotatable bonds is 7. The number of anilines is 1. The zero-order valence-corrected chi connectivity index (χ0v) is 13.8. The van der Waals surface area contributed by atoms with Gasteiger partial charge in [-0.3, -0.25) is 9.59 Å². The van der Waals surface area contributed by atoms with Crippen LogP contribution in [0, 0.1) is 0 Å². The van der Waals surface area contributed by atoms with Gasteiger partial charge in [0, 0.05) is 12.1 Å². The Morgan fingerprint density at radius 1 is 1.17 bits per heavy atom. The topological polar surface area (TPSA) is 83.7 Å². The summed E-state index contributed by atoms with van der Waals surface area (Å²) in [6.07, 6.45) is 3.75. The maximum absolute atomic E-state index is 11.9. The summed E-state index contributed by atoms with van der Waals surface area (Å²) < 4.78 is 5.04. The molecular formula is C18H21N3O3. The first-order valence-corrected chi connectivity index (χ1v) is 7.88. The van der Waals surface area contributed by atoms with Crippen molar-refractivity contribution in [1.29, 1.82) is 0 Å². The number of nitrogens with zero attached hydrogens (tertiary/aromatic N) is 1. The van der Waals surface area contributed by atoms with Crippen LogP contribution < -0.4 is 10.7 Å². The normalized spacial score (nSPS) is 11.2. The van der Waals surface area contributed by atoms with E-state index in [9.17, 15) is 9.59 Å². The van der Waals surface area contributed by atoms with Crippen LogP contribution in [0.15, 0.2) is 52.2 Å². The number of hydrazone groups is 1. The molecular weight excluding hydrogens is 306 g/mol. The molecule has 1 heterocycles. The van der Waals surface area contributed by atoms with Crippen molar-refractivity contribution in [2.75, 3.05) is 5.32 Å². The van der Waals surface area contributed by atoms with E-state index in [4.69, 9.17) is 4.42 Å². The maximum atomic E-state index is 11.9. The van der Waals surface area contributed by atoms with Gasteiger partial charge in [0.1, 0.15) is 0 Å². The quantitative estimate of drug-likeness (QED) is 0.602. The van der Waals surface area contributed by atoms with Gasteiger partial charge < -0.3 is 9.73 Å². The van der Waals surface area contributed by atoms with Crippen LogP contribution in [0.25, 0.3) is 0 Å². The van der Waals surface area contributed by atoms with Crippen LogP contribution in [0.2, 0.25) is 0 Å². The Bertz CT molecular complexity index is 704. The fraction of sp³-hybridized carbons (Fsp3) is 0.278. The summed E-state index contributed by atoms with van der Waals surface area (Å²) >= 11 is 0. The molecule has 126 valence electrons. The number of carbonyl (C=O) groups is 2. The molecule has 2 aromatic rings. The molecule has 2 rings (SSSR count). The maximum Gasteiger partial charge on any atom is 0.291 e. The van der Waals surface area contributed by atoms with Gasteiger partial charge in [0.25, 0.3) is 5.91 Å². The molecule has 2 N–H and O–H groups in total. The number of carbonyl (C=O) groups excluding carboxylic acids is 2. The van der Waals surface area contributed by atoms with Gasteiger partial charge in [-0.25, -0.2) is 5.43 Å². The van der Waals surface area contributed by atoms with E-state index >= 15 is 0 Å². The lowest BCUT2D eigenvalue weighted by molar-refractivity contribution is -0.121. The average Bonchev–Trinajstić information content (AvgIpc) is 3.13. The molecule has 2 amide bonds. The lowest BCUT2D eigenvalue weighted by Gasteiger charge is -2.06. The highest BCUT2D eigenvalue weighted by Crippen LogP contribution is 2.12. The number of furan rings is 1. The lowest BCUT2D eigenvalue weighted by atomic mass is 10.1. The smallest absolute Gasteiger partial charge is 0.291 e. The molecule has 0 atom stereocenters. The minimum atomic E-state index is -0.304. The Morgan fingerprint density at radius 3 is 2.54 bits per heavy atom. The van der Waals surface area contributed by atoms with E-state index in [0.29, 0.717) is 17.8 Å². The van der Waals surface area contributed by atoms with Gasteiger partial charge in [-0.2, -0.15) is 5.10 Å². The lowest BCUT2D eigenvalue weighted by Crippen LogP contribution is -2.18. The summed E-state index contributed by atoms with van der Waals surface area (Å²) in [5.74, 6) is -0.133. The Kier molecular flexibility index (Phi) is 6.31.